The fourth-order valence-electron chi connectivity index (χ4n) is 2.50. The highest BCUT2D eigenvalue weighted by atomic mass is 32.2. The van der Waals surface area contributed by atoms with E-state index in [2.05, 4.69) is 10.8 Å². The Morgan fingerprint density at radius 2 is 1.52 bits per heavy atom. The molecule has 1 atom stereocenters. The van der Waals surface area contributed by atoms with Gasteiger partial charge in [-0.15, -0.1) is 4.72 Å². The zero-order chi connectivity index (χ0) is 18.7. The van der Waals surface area contributed by atoms with Crippen molar-refractivity contribution < 1.29 is 14.8 Å². The first-order valence-corrected chi connectivity index (χ1v) is 9.00. The molecule has 5 nitrogen and oxygen atoms in total. The second kappa shape index (κ2) is 7.36. The smallest absolute Gasteiger partial charge is 0.136 e. The number of aromatic hydroxyl groups is 2. The molecule has 0 aromatic heterocycles. The van der Waals surface area contributed by atoms with Crippen molar-refractivity contribution in [3.05, 3.63) is 59.7 Å². The van der Waals surface area contributed by atoms with Gasteiger partial charge in [0.15, 0.2) is 0 Å². The molecule has 2 rings (SSSR count). The van der Waals surface area contributed by atoms with E-state index in [1.807, 2.05) is 20.8 Å². The van der Waals surface area contributed by atoms with Crippen LogP contribution >= 0.6 is 0 Å². The lowest BCUT2D eigenvalue weighted by atomic mass is 9.81. The Hall–Kier alpha value is -2.20. The summed E-state index contributed by atoms with van der Waals surface area (Å²) in [6, 6.07) is 15.1. The van der Waals surface area contributed by atoms with Crippen LogP contribution in [0.25, 0.3) is 0 Å². The van der Waals surface area contributed by atoms with Crippen molar-refractivity contribution in [3.63, 3.8) is 0 Å². The SMILES string of the molecule is CC(C)(C)[S@@+]([O-])NC(CC#N)(c1cccc(O)c1)c1cccc(O)c1. The highest BCUT2D eigenvalue weighted by molar-refractivity contribution is 7.90. The van der Waals surface area contributed by atoms with Gasteiger partial charge in [-0.3, -0.25) is 0 Å². The molecule has 0 bridgehead atoms. The van der Waals surface area contributed by atoms with Gasteiger partial charge >= 0.3 is 0 Å². The van der Waals surface area contributed by atoms with E-state index in [4.69, 9.17) is 0 Å². The van der Waals surface area contributed by atoms with Crippen molar-refractivity contribution in [2.75, 3.05) is 0 Å². The average Bonchev–Trinajstić information content (AvgIpc) is 2.53. The molecule has 0 aliphatic heterocycles. The molecule has 0 amide bonds. The minimum Gasteiger partial charge on any atom is -0.598 e. The summed E-state index contributed by atoms with van der Waals surface area (Å²) in [5, 5.41) is 29.3. The molecular formula is C19H22N2O3S. The summed E-state index contributed by atoms with van der Waals surface area (Å²) in [4.78, 5) is 0. The standard InChI is InChI=1S/C19H22N2O3S/c1-18(2,3)25(24)21-19(10-11-20,14-6-4-8-16(22)12-14)15-7-5-9-17(23)13-15/h4-9,12-13,21-23H,10H2,1-3H3/t25-/m1/s1. The summed E-state index contributed by atoms with van der Waals surface area (Å²) in [5.74, 6) is 0.0895. The summed E-state index contributed by atoms with van der Waals surface area (Å²) < 4.78 is 15.4. The second-order valence-electron chi connectivity index (χ2n) is 6.82. The Balaban J connectivity index is 2.69. The molecule has 6 heteroatoms. The van der Waals surface area contributed by atoms with E-state index >= 15 is 0 Å². The first-order chi connectivity index (χ1) is 11.7. The molecule has 2 aromatic carbocycles. The van der Waals surface area contributed by atoms with E-state index in [0.717, 1.165) is 0 Å². The molecule has 0 fully saturated rings. The molecule has 0 radical (unpaired) electrons. The fraction of sp³-hybridized carbons (Fsp3) is 0.316. The van der Waals surface area contributed by atoms with E-state index in [9.17, 15) is 20.0 Å². The maximum absolute atomic E-state index is 12.8. The predicted octanol–water partition coefficient (Wildman–Crippen LogP) is 3.31. The van der Waals surface area contributed by atoms with Gasteiger partial charge in [0.05, 0.1) is 12.5 Å². The molecular weight excluding hydrogens is 336 g/mol. The third-order valence-corrected chi connectivity index (χ3v) is 5.49. The molecule has 132 valence electrons. The number of rotatable bonds is 5. The lowest BCUT2D eigenvalue weighted by Gasteiger charge is -2.37. The number of phenols is 2. The summed E-state index contributed by atoms with van der Waals surface area (Å²) in [6.45, 7) is 5.49. The number of hydrogen-bond donors (Lipinski definition) is 3. The average molecular weight is 358 g/mol. The summed E-state index contributed by atoms with van der Waals surface area (Å²) in [5.41, 5.74) is 0.0548. The predicted molar refractivity (Wildman–Crippen MR) is 98.3 cm³/mol. The molecule has 3 N–H and O–H groups in total. The highest BCUT2D eigenvalue weighted by Gasteiger charge is 2.42. The normalized spacial score (nSPS) is 13.2. The monoisotopic (exact) mass is 358 g/mol. The number of nitriles is 1. The van der Waals surface area contributed by atoms with Crippen molar-refractivity contribution in [2.45, 2.75) is 37.5 Å². The van der Waals surface area contributed by atoms with Crippen molar-refractivity contribution in [1.29, 1.82) is 5.26 Å². The Kier molecular flexibility index (Phi) is 5.63. The quantitative estimate of drug-likeness (QED) is 0.712. The largest absolute Gasteiger partial charge is 0.598 e. The molecule has 2 aromatic rings. The Morgan fingerprint density at radius 3 is 1.88 bits per heavy atom. The summed E-state index contributed by atoms with van der Waals surface area (Å²) >= 11 is -1.49. The topological polar surface area (TPSA) is 99.3 Å². The number of benzene rings is 2. The maximum atomic E-state index is 12.8. The van der Waals surface area contributed by atoms with E-state index < -0.39 is 21.6 Å². The molecule has 0 unspecified atom stereocenters. The molecule has 0 spiro atoms. The lowest BCUT2D eigenvalue weighted by Crippen LogP contribution is -2.52. The van der Waals surface area contributed by atoms with Crippen LogP contribution in [0.4, 0.5) is 0 Å². The van der Waals surface area contributed by atoms with E-state index in [1.54, 1.807) is 24.3 Å². The molecule has 0 aliphatic carbocycles. The summed E-state index contributed by atoms with van der Waals surface area (Å²) in [7, 11) is 0. The van der Waals surface area contributed by atoms with Crippen LogP contribution in [0.15, 0.2) is 48.5 Å². The van der Waals surface area contributed by atoms with Crippen LogP contribution in [0.2, 0.25) is 0 Å². The van der Waals surface area contributed by atoms with Crippen molar-refractivity contribution >= 4 is 11.4 Å². The van der Waals surface area contributed by atoms with E-state index in [0.29, 0.717) is 11.1 Å². The van der Waals surface area contributed by atoms with Crippen LogP contribution in [0, 0.1) is 11.3 Å². The van der Waals surface area contributed by atoms with Gasteiger partial charge in [0.1, 0.15) is 21.8 Å². The van der Waals surface area contributed by atoms with Gasteiger partial charge in [-0.1, -0.05) is 24.3 Å². The molecule has 25 heavy (non-hydrogen) atoms. The minimum atomic E-state index is -1.49. The van der Waals surface area contributed by atoms with E-state index in [-0.39, 0.29) is 17.9 Å². The summed E-state index contributed by atoms with van der Waals surface area (Å²) in [6.07, 6.45) is -0.0261. The first kappa shape index (κ1) is 19.1. The van der Waals surface area contributed by atoms with Gasteiger partial charge in [0, 0.05) is 11.4 Å². The van der Waals surface area contributed by atoms with Gasteiger partial charge in [0.25, 0.3) is 0 Å². The van der Waals surface area contributed by atoms with Crippen LogP contribution in [-0.2, 0) is 16.9 Å². The second-order valence-corrected chi connectivity index (χ2v) is 8.79. The minimum absolute atomic E-state index is 0.0261. The third-order valence-electron chi connectivity index (χ3n) is 3.85. The zero-order valence-electron chi connectivity index (χ0n) is 14.5. The lowest BCUT2D eigenvalue weighted by molar-refractivity contribution is 0.441. The van der Waals surface area contributed by atoms with Crippen LogP contribution < -0.4 is 4.72 Å². The molecule has 0 aliphatic rings. The third kappa shape index (κ3) is 4.26. The van der Waals surface area contributed by atoms with Gasteiger partial charge in [-0.25, -0.2) is 0 Å². The van der Waals surface area contributed by atoms with Crippen LogP contribution in [0.5, 0.6) is 11.5 Å². The first-order valence-electron chi connectivity index (χ1n) is 7.85. The molecule has 0 saturated heterocycles. The van der Waals surface area contributed by atoms with Crippen LogP contribution in [0.1, 0.15) is 38.3 Å². The van der Waals surface area contributed by atoms with Crippen LogP contribution in [-0.4, -0.2) is 19.5 Å². The van der Waals surface area contributed by atoms with Crippen molar-refractivity contribution in [1.82, 2.24) is 4.72 Å². The molecule has 0 heterocycles. The Morgan fingerprint density at radius 1 is 1.04 bits per heavy atom. The fourth-order valence-corrected chi connectivity index (χ4v) is 3.43. The zero-order valence-corrected chi connectivity index (χ0v) is 15.3. The Bertz CT molecular complexity index is 735. The number of phenolic OH excluding ortho intramolecular Hbond substituents is 2. The Labute approximate surface area is 151 Å². The number of nitrogens with zero attached hydrogens (tertiary/aromatic N) is 1. The highest BCUT2D eigenvalue weighted by Crippen LogP contribution is 2.37. The van der Waals surface area contributed by atoms with Gasteiger partial charge < -0.3 is 14.8 Å². The van der Waals surface area contributed by atoms with Gasteiger partial charge in [-0.05, 0) is 56.2 Å². The van der Waals surface area contributed by atoms with E-state index in [1.165, 1.54) is 24.3 Å². The van der Waals surface area contributed by atoms with Crippen molar-refractivity contribution in [3.8, 4) is 17.6 Å². The van der Waals surface area contributed by atoms with Crippen molar-refractivity contribution in [2.24, 2.45) is 0 Å². The van der Waals surface area contributed by atoms with Gasteiger partial charge in [-0.2, -0.15) is 5.26 Å². The number of nitrogens with one attached hydrogen (secondary N) is 1. The molecule has 0 saturated carbocycles. The van der Waals surface area contributed by atoms with Gasteiger partial charge in [0.2, 0.25) is 0 Å². The number of hydrogen-bond acceptors (Lipinski definition) is 5. The van der Waals surface area contributed by atoms with Crippen LogP contribution in [0.3, 0.4) is 0 Å². The maximum Gasteiger partial charge on any atom is 0.136 e.